The van der Waals surface area contributed by atoms with Crippen LogP contribution in [0.3, 0.4) is 0 Å². The molecule has 2 heterocycles. The van der Waals surface area contributed by atoms with Gasteiger partial charge in [0.05, 0.1) is 6.04 Å². The first-order valence-corrected chi connectivity index (χ1v) is 5.92. The second kappa shape index (κ2) is 5.15. The lowest BCUT2D eigenvalue weighted by Gasteiger charge is -2.16. The Balaban J connectivity index is 2.35. The highest BCUT2D eigenvalue weighted by atomic mass is 16.3. The van der Waals surface area contributed by atoms with E-state index in [4.69, 9.17) is 4.42 Å². The van der Waals surface area contributed by atoms with Crippen molar-refractivity contribution in [3.05, 3.63) is 53.2 Å². The molecule has 0 aliphatic heterocycles. The third kappa shape index (κ3) is 2.74. The minimum Gasteiger partial charge on any atom is -0.464 e. The molecule has 0 aromatic carbocycles. The Morgan fingerprint density at radius 2 is 2.12 bits per heavy atom. The molecule has 1 unspecified atom stereocenters. The van der Waals surface area contributed by atoms with Gasteiger partial charge in [0.1, 0.15) is 11.5 Å². The summed E-state index contributed by atoms with van der Waals surface area (Å²) in [5.41, 5.74) is 2.30. The van der Waals surface area contributed by atoms with E-state index in [1.165, 1.54) is 0 Å². The topological polar surface area (TPSA) is 38.1 Å². The molecule has 0 spiro atoms. The van der Waals surface area contributed by atoms with E-state index in [9.17, 15) is 0 Å². The maximum Gasteiger partial charge on any atom is 0.125 e. The molecule has 2 aromatic heterocycles. The van der Waals surface area contributed by atoms with Crippen LogP contribution in [-0.4, -0.2) is 11.5 Å². The highest BCUT2D eigenvalue weighted by Crippen LogP contribution is 2.23. The van der Waals surface area contributed by atoms with Crippen LogP contribution in [0.25, 0.3) is 0 Å². The molecule has 3 heteroatoms. The van der Waals surface area contributed by atoms with Gasteiger partial charge in [-0.3, -0.25) is 4.98 Å². The normalized spacial score (nSPS) is 12.6. The summed E-state index contributed by atoms with van der Waals surface area (Å²) in [5.74, 6) is 1.88. The molecule has 90 valence electrons. The van der Waals surface area contributed by atoms with Gasteiger partial charge in [-0.2, -0.15) is 0 Å². The van der Waals surface area contributed by atoms with Crippen LogP contribution in [0.15, 0.2) is 35.0 Å². The summed E-state index contributed by atoms with van der Waals surface area (Å²) in [6.45, 7) is 6.98. The van der Waals surface area contributed by atoms with Crippen molar-refractivity contribution in [1.29, 1.82) is 0 Å². The van der Waals surface area contributed by atoms with Crippen molar-refractivity contribution < 1.29 is 4.42 Å². The van der Waals surface area contributed by atoms with Crippen molar-refractivity contribution in [2.75, 3.05) is 6.54 Å². The summed E-state index contributed by atoms with van der Waals surface area (Å²) in [4.78, 5) is 4.24. The van der Waals surface area contributed by atoms with E-state index in [1.54, 1.807) is 0 Å². The first-order chi connectivity index (χ1) is 8.20. The van der Waals surface area contributed by atoms with Gasteiger partial charge >= 0.3 is 0 Å². The van der Waals surface area contributed by atoms with Crippen LogP contribution in [0.4, 0.5) is 0 Å². The highest BCUT2D eigenvalue weighted by molar-refractivity contribution is 5.27. The lowest BCUT2D eigenvalue weighted by atomic mass is 10.1. The van der Waals surface area contributed by atoms with Crippen molar-refractivity contribution in [2.45, 2.75) is 26.8 Å². The molecule has 17 heavy (non-hydrogen) atoms. The predicted molar refractivity (Wildman–Crippen MR) is 67.9 cm³/mol. The fourth-order valence-corrected chi connectivity index (χ4v) is 1.93. The Labute approximate surface area is 102 Å². The molecule has 0 saturated heterocycles. The number of rotatable bonds is 4. The average Bonchev–Trinajstić information content (AvgIpc) is 2.72. The van der Waals surface area contributed by atoms with Gasteiger partial charge in [-0.15, -0.1) is 0 Å². The lowest BCUT2D eigenvalue weighted by molar-refractivity contribution is 0.434. The number of aryl methyl sites for hydroxylation is 2. The summed E-state index contributed by atoms with van der Waals surface area (Å²) in [6.07, 6.45) is 3.75. The molecule has 0 saturated carbocycles. The molecule has 0 aliphatic carbocycles. The standard InChI is InChI=1S/C14H18N2O/c1-4-16-14(13-6-5-11(3)17-13)12-7-10(2)8-15-9-12/h5-9,14,16H,4H2,1-3H3. The SMILES string of the molecule is CCNC(c1cncc(C)c1)c1ccc(C)o1. The third-order valence-electron chi connectivity index (χ3n) is 2.68. The van der Waals surface area contributed by atoms with E-state index in [0.717, 1.165) is 29.2 Å². The number of nitrogens with zero attached hydrogens (tertiary/aromatic N) is 1. The minimum absolute atomic E-state index is 0.0844. The molecule has 1 N–H and O–H groups in total. The molecule has 0 bridgehead atoms. The highest BCUT2D eigenvalue weighted by Gasteiger charge is 2.16. The van der Waals surface area contributed by atoms with Crippen LogP contribution < -0.4 is 5.32 Å². The maximum absolute atomic E-state index is 5.70. The van der Waals surface area contributed by atoms with Gasteiger partial charge in [-0.25, -0.2) is 0 Å². The summed E-state index contributed by atoms with van der Waals surface area (Å²) in [5, 5.41) is 3.42. The Kier molecular flexibility index (Phi) is 3.59. The van der Waals surface area contributed by atoms with Gasteiger partial charge in [0.2, 0.25) is 0 Å². The summed E-state index contributed by atoms with van der Waals surface area (Å²) in [7, 11) is 0. The molecule has 2 aromatic rings. The molecular formula is C14H18N2O. The Morgan fingerprint density at radius 3 is 2.71 bits per heavy atom. The summed E-state index contributed by atoms with van der Waals surface area (Å²) < 4.78 is 5.70. The lowest BCUT2D eigenvalue weighted by Crippen LogP contribution is -2.21. The van der Waals surface area contributed by atoms with E-state index in [2.05, 4.69) is 23.3 Å². The second-order valence-electron chi connectivity index (χ2n) is 4.23. The summed E-state index contributed by atoms with van der Waals surface area (Å²) in [6, 6.07) is 6.23. The van der Waals surface area contributed by atoms with Gasteiger partial charge in [0.25, 0.3) is 0 Å². The number of hydrogen-bond donors (Lipinski definition) is 1. The fraction of sp³-hybridized carbons (Fsp3) is 0.357. The number of pyridine rings is 1. The van der Waals surface area contributed by atoms with E-state index >= 15 is 0 Å². The van der Waals surface area contributed by atoms with Crippen molar-refractivity contribution >= 4 is 0 Å². The van der Waals surface area contributed by atoms with Crippen LogP contribution in [-0.2, 0) is 0 Å². The number of aromatic nitrogens is 1. The van der Waals surface area contributed by atoms with E-state index in [-0.39, 0.29) is 6.04 Å². The first-order valence-electron chi connectivity index (χ1n) is 5.92. The molecule has 3 nitrogen and oxygen atoms in total. The largest absolute Gasteiger partial charge is 0.464 e. The summed E-state index contributed by atoms with van der Waals surface area (Å²) >= 11 is 0. The van der Waals surface area contributed by atoms with Crippen LogP contribution in [0, 0.1) is 13.8 Å². The molecule has 0 fully saturated rings. The van der Waals surface area contributed by atoms with Gasteiger partial charge in [-0.05, 0) is 43.7 Å². The third-order valence-corrected chi connectivity index (χ3v) is 2.68. The number of nitrogens with one attached hydrogen (secondary N) is 1. The Morgan fingerprint density at radius 1 is 1.29 bits per heavy atom. The van der Waals surface area contributed by atoms with Gasteiger partial charge in [0.15, 0.2) is 0 Å². The van der Waals surface area contributed by atoms with Crippen LogP contribution in [0.5, 0.6) is 0 Å². The van der Waals surface area contributed by atoms with Crippen LogP contribution in [0.1, 0.15) is 35.6 Å². The molecule has 0 aliphatic rings. The average molecular weight is 230 g/mol. The van der Waals surface area contributed by atoms with E-state index < -0.39 is 0 Å². The van der Waals surface area contributed by atoms with Crippen molar-refractivity contribution in [2.24, 2.45) is 0 Å². The molecule has 0 amide bonds. The molecule has 1 atom stereocenters. The monoisotopic (exact) mass is 230 g/mol. The van der Waals surface area contributed by atoms with E-state index in [1.807, 2.05) is 38.4 Å². The smallest absolute Gasteiger partial charge is 0.125 e. The number of furan rings is 1. The molecule has 2 rings (SSSR count). The Hall–Kier alpha value is -1.61. The maximum atomic E-state index is 5.70. The second-order valence-corrected chi connectivity index (χ2v) is 4.23. The molecule has 0 radical (unpaired) electrons. The number of hydrogen-bond acceptors (Lipinski definition) is 3. The van der Waals surface area contributed by atoms with Crippen molar-refractivity contribution in [3.8, 4) is 0 Å². The fourth-order valence-electron chi connectivity index (χ4n) is 1.93. The quantitative estimate of drug-likeness (QED) is 0.877. The van der Waals surface area contributed by atoms with Gasteiger partial charge in [0, 0.05) is 12.4 Å². The van der Waals surface area contributed by atoms with E-state index in [0.29, 0.717) is 0 Å². The van der Waals surface area contributed by atoms with Crippen LogP contribution >= 0.6 is 0 Å². The van der Waals surface area contributed by atoms with Gasteiger partial charge in [-0.1, -0.05) is 13.0 Å². The zero-order valence-corrected chi connectivity index (χ0v) is 10.5. The zero-order valence-electron chi connectivity index (χ0n) is 10.5. The first kappa shape index (κ1) is 11.9. The Bertz CT molecular complexity index is 490. The van der Waals surface area contributed by atoms with Crippen molar-refractivity contribution in [1.82, 2.24) is 10.3 Å². The predicted octanol–water partition coefficient (Wildman–Crippen LogP) is 2.99. The van der Waals surface area contributed by atoms with Crippen LogP contribution in [0.2, 0.25) is 0 Å². The van der Waals surface area contributed by atoms with Crippen molar-refractivity contribution in [3.63, 3.8) is 0 Å². The zero-order chi connectivity index (χ0) is 12.3. The molecular weight excluding hydrogens is 212 g/mol. The minimum atomic E-state index is 0.0844. The van der Waals surface area contributed by atoms with Gasteiger partial charge < -0.3 is 9.73 Å².